The Hall–Kier alpha value is -0.840. The van der Waals surface area contributed by atoms with E-state index in [1.54, 1.807) is 11.3 Å². The maximum Gasteiger partial charge on any atom is 0.0931 e. The Kier molecular flexibility index (Phi) is 3.86. The summed E-state index contributed by atoms with van der Waals surface area (Å²) in [5.41, 5.74) is 8.41. The number of thiophene rings is 1. The van der Waals surface area contributed by atoms with Crippen molar-refractivity contribution >= 4 is 22.9 Å². The lowest BCUT2D eigenvalue weighted by molar-refractivity contribution is 0.590. The molecule has 1 unspecified atom stereocenters. The minimum Gasteiger partial charge on any atom is -0.323 e. The van der Waals surface area contributed by atoms with Gasteiger partial charge in [0.15, 0.2) is 0 Å². The Balaban J connectivity index is 2.14. The molecule has 0 saturated carbocycles. The van der Waals surface area contributed by atoms with E-state index in [-0.39, 0.29) is 6.04 Å². The summed E-state index contributed by atoms with van der Waals surface area (Å²) < 4.78 is 2.79. The molecule has 17 heavy (non-hydrogen) atoms. The Morgan fingerprint density at radius 1 is 1.53 bits per heavy atom. The molecule has 0 aliphatic heterocycles. The second kappa shape index (κ2) is 5.21. The van der Waals surface area contributed by atoms with Crippen LogP contribution in [-0.2, 0) is 13.0 Å². The van der Waals surface area contributed by atoms with Crippen LogP contribution in [0.5, 0.6) is 0 Å². The highest BCUT2D eigenvalue weighted by Crippen LogP contribution is 2.27. The quantitative estimate of drug-likeness (QED) is 0.927. The number of aryl methyl sites for hydroxylation is 2. The molecule has 92 valence electrons. The van der Waals surface area contributed by atoms with E-state index in [2.05, 4.69) is 18.1 Å². The molecule has 0 saturated heterocycles. The van der Waals surface area contributed by atoms with Crippen LogP contribution >= 0.6 is 22.9 Å². The molecular formula is C12H16ClN3S. The lowest BCUT2D eigenvalue weighted by Crippen LogP contribution is -2.14. The first-order valence-electron chi connectivity index (χ1n) is 5.64. The third kappa shape index (κ3) is 2.89. The standard InChI is InChI=1S/C12H16ClN3S/c1-3-16-9(6-8(2)15-16)7-10(14)11-4-5-12(13)17-11/h4-6,10H,3,7,14H2,1-2H3. The van der Waals surface area contributed by atoms with E-state index in [9.17, 15) is 0 Å². The van der Waals surface area contributed by atoms with E-state index >= 15 is 0 Å². The van der Waals surface area contributed by atoms with Crippen LogP contribution in [0.15, 0.2) is 18.2 Å². The maximum absolute atomic E-state index is 6.18. The topological polar surface area (TPSA) is 43.8 Å². The molecule has 0 aliphatic carbocycles. The van der Waals surface area contributed by atoms with Gasteiger partial charge in [0.1, 0.15) is 0 Å². The van der Waals surface area contributed by atoms with Gasteiger partial charge in [-0.1, -0.05) is 11.6 Å². The van der Waals surface area contributed by atoms with Gasteiger partial charge < -0.3 is 5.73 Å². The number of rotatable bonds is 4. The maximum atomic E-state index is 6.18. The number of halogens is 1. The van der Waals surface area contributed by atoms with Crippen molar-refractivity contribution in [2.75, 3.05) is 0 Å². The average Bonchev–Trinajstić information content (AvgIpc) is 2.85. The summed E-state index contributed by atoms with van der Waals surface area (Å²) in [6.07, 6.45) is 0.797. The molecule has 0 radical (unpaired) electrons. The van der Waals surface area contributed by atoms with Gasteiger partial charge >= 0.3 is 0 Å². The van der Waals surface area contributed by atoms with Crippen molar-refractivity contribution in [3.05, 3.63) is 38.8 Å². The number of nitrogens with two attached hydrogens (primary N) is 1. The van der Waals surface area contributed by atoms with Gasteiger partial charge in [-0.3, -0.25) is 4.68 Å². The first-order valence-corrected chi connectivity index (χ1v) is 6.83. The SMILES string of the molecule is CCn1nc(C)cc1CC(N)c1ccc(Cl)s1. The molecule has 5 heteroatoms. The zero-order valence-corrected chi connectivity index (χ0v) is 11.6. The van der Waals surface area contributed by atoms with Gasteiger partial charge in [-0.15, -0.1) is 11.3 Å². The monoisotopic (exact) mass is 269 g/mol. The molecule has 2 rings (SSSR count). The van der Waals surface area contributed by atoms with Gasteiger partial charge in [-0.05, 0) is 32.0 Å². The van der Waals surface area contributed by atoms with Crippen LogP contribution in [0, 0.1) is 6.92 Å². The molecule has 0 aromatic carbocycles. The first kappa shape index (κ1) is 12.6. The third-order valence-electron chi connectivity index (χ3n) is 2.67. The lowest BCUT2D eigenvalue weighted by atomic mass is 10.1. The Labute approximate surface area is 110 Å². The number of aromatic nitrogens is 2. The molecule has 2 aromatic heterocycles. The number of hydrogen-bond donors (Lipinski definition) is 1. The van der Waals surface area contributed by atoms with Crippen LogP contribution in [0.2, 0.25) is 4.34 Å². The van der Waals surface area contributed by atoms with Crippen LogP contribution in [0.3, 0.4) is 0 Å². The molecule has 2 N–H and O–H groups in total. The van der Waals surface area contributed by atoms with Crippen molar-refractivity contribution in [1.82, 2.24) is 9.78 Å². The average molecular weight is 270 g/mol. The second-order valence-electron chi connectivity index (χ2n) is 4.05. The van der Waals surface area contributed by atoms with Crippen LogP contribution in [0.25, 0.3) is 0 Å². The molecular weight excluding hydrogens is 254 g/mol. The van der Waals surface area contributed by atoms with Crippen LogP contribution in [-0.4, -0.2) is 9.78 Å². The van der Waals surface area contributed by atoms with Crippen LogP contribution in [0.1, 0.15) is 29.2 Å². The van der Waals surface area contributed by atoms with Gasteiger partial charge in [-0.2, -0.15) is 5.10 Å². The molecule has 0 amide bonds. The number of hydrogen-bond acceptors (Lipinski definition) is 3. The molecule has 0 fully saturated rings. The zero-order valence-electron chi connectivity index (χ0n) is 9.98. The van der Waals surface area contributed by atoms with Crippen molar-refractivity contribution in [2.45, 2.75) is 32.9 Å². The van der Waals surface area contributed by atoms with Crippen LogP contribution < -0.4 is 5.73 Å². The van der Waals surface area contributed by atoms with Crippen molar-refractivity contribution in [3.63, 3.8) is 0 Å². The summed E-state index contributed by atoms with van der Waals surface area (Å²) in [7, 11) is 0. The molecule has 1 atom stereocenters. The van der Waals surface area contributed by atoms with Crippen molar-refractivity contribution < 1.29 is 0 Å². The molecule has 3 nitrogen and oxygen atoms in total. The highest BCUT2D eigenvalue weighted by atomic mass is 35.5. The summed E-state index contributed by atoms with van der Waals surface area (Å²) in [5.74, 6) is 0. The fraction of sp³-hybridized carbons (Fsp3) is 0.417. The minimum absolute atomic E-state index is 0.00565. The fourth-order valence-electron chi connectivity index (χ4n) is 1.89. The minimum atomic E-state index is -0.00565. The van der Waals surface area contributed by atoms with E-state index in [1.165, 1.54) is 5.69 Å². The van der Waals surface area contributed by atoms with Crippen molar-refractivity contribution in [1.29, 1.82) is 0 Å². The molecule has 0 aliphatic rings. The van der Waals surface area contributed by atoms with E-state index < -0.39 is 0 Å². The normalized spacial score (nSPS) is 12.9. The van der Waals surface area contributed by atoms with E-state index in [0.29, 0.717) is 0 Å². The second-order valence-corrected chi connectivity index (χ2v) is 5.79. The summed E-state index contributed by atoms with van der Waals surface area (Å²) >= 11 is 7.46. The molecule has 0 spiro atoms. The highest BCUT2D eigenvalue weighted by Gasteiger charge is 2.13. The van der Waals surface area contributed by atoms with Gasteiger partial charge in [0.05, 0.1) is 10.0 Å². The third-order valence-corrected chi connectivity index (χ3v) is 4.04. The Morgan fingerprint density at radius 2 is 2.29 bits per heavy atom. The Bertz CT molecular complexity index is 504. The summed E-state index contributed by atoms with van der Waals surface area (Å²) in [6.45, 7) is 4.97. The van der Waals surface area contributed by atoms with Gasteiger partial charge in [0.25, 0.3) is 0 Å². The fourth-order valence-corrected chi connectivity index (χ4v) is 2.95. The smallest absolute Gasteiger partial charge is 0.0931 e. The van der Waals surface area contributed by atoms with Gasteiger partial charge in [0, 0.05) is 29.6 Å². The first-order chi connectivity index (χ1) is 8.10. The van der Waals surface area contributed by atoms with Crippen molar-refractivity contribution in [2.24, 2.45) is 5.73 Å². The van der Waals surface area contributed by atoms with Crippen molar-refractivity contribution in [3.8, 4) is 0 Å². The molecule has 2 aromatic rings. The van der Waals surface area contributed by atoms with Gasteiger partial charge in [0.2, 0.25) is 0 Å². The molecule has 0 bridgehead atoms. The van der Waals surface area contributed by atoms with E-state index in [4.69, 9.17) is 17.3 Å². The summed E-state index contributed by atoms with van der Waals surface area (Å²) in [5, 5.41) is 4.42. The predicted molar refractivity (Wildman–Crippen MR) is 72.6 cm³/mol. The zero-order chi connectivity index (χ0) is 12.4. The van der Waals surface area contributed by atoms with E-state index in [0.717, 1.165) is 27.9 Å². The van der Waals surface area contributed by atoms with Gasteiger partial charge in [-0.25, -0.2) is 0 Å². The lowest BCUT2D eigenvalue weighted by Gasteiger charge is -2.10. The van der Waals surface area contributed by atoms with Crippen LogP contribution in [0.4, 0.5) is 0 Å². The summed E-state index contributed by atoms with van der Waals surface area (Å²) in [6, 6.07) is 5.98. The highest BCUT2D eigenvalue weighted by molar-refractivity contribution is 7.16. The Morgan fingerprint density at radius 3 is 2.88 bits per heavy atom. The number of nitrogens with zero attached hydrogens (tertiary/aromatic N) is 2. The largest absolute Gasteiger partial charge is 0.323 e. The predicted octanol–water partition coefficient (Wildman–Crippen LogP) is 3.17. The summed E-state index contributed by atoms with van der Waals surface area (Å²) in [4.78, 5) is 1.12. The molecule has 2 heterocycles. The van der Waals surface area contributed by atoms with E-state index in [1.807, 2.05) is 23.7 Å².